The predicted octanol–water partition coefficient (Wildman–Crippen LogP) is -0.118. The van der Waals surface area contributed by atoms with Crippen LogP contribution in [0.4, 0.5) is 5.69 Å². The summed E-state index contributed by atoms with van der Waals surface area (Å²) in [6.45, 7) is 1.44. The summed E-state index contributed by atoms with van der Waals surface area (Å²) in [6.07, 6.45) is 0. The number of phenolic OH excluding ortho intramolecular Hbond substituents is 1. The number of phenols is 1. The minimum atomic E-state index is -3.81. The summed E-state index contributed by atoms with van der Waals surface area (Å²) in [4.78, 5) is 11.0. The van der Waals surface area contributed by atoms with Crippen molar-refractivity contribution >= 4 is 21.8 Å². The summed E-state index contributed by atoms with van der Waals surface area (Å²) in [5.74, 6) is -0.627. The van der Waals surface area contributed by atoms with Gasteiger partial charge < -0.3 is 5.11 Å². The lowest BCUT2D eigenvalue weighted by molar-refractivity contribution is -0.117. The molecule has 1 aromatic carbocycles. The van der Waals surface area contributed by atoms with Crippen molar-refractivity contribution in [2.75, 3.05) is 10.8 Å². The molecule has 0 bridgehead atoms. The summed E-state index contributed by atoms with van der Waals surface area (Å²) in [5, 5.41) is 9.31. The van der Waals surface area contributed by atoms with Crippen LogP contribution in [0, 0.1) is 6.92 Å². The maximum atomic E-state index is 11.5. The van der Waals surface area contributed by atoms with Gasteiger partial charge in [-0.2, -0.15) is 8.42 Å². The number of aromatic hydroxyl groups is 1. The third kappa shape index (κ3) is 1.69. The van der Waals surface area contributed by atoms with Crippen LogP contribution in [-0.2, 0) is 15.0 Å². The number of hydrogen-bond acceptors (Lipinski definition) is 4. The molecule has 0 radical (unpaired) electrons. The zero-order valence-electron chi connectivity index (χ0n) is 8.47. The fraction of sp³-hybridized carbons (Fsp3) is 0.222. The normalized spacial score (nSPS) is 18.6. The van der Waals surface area contributed by atoms with E-state index in [9.17, 15) is 18.3 Å². The van der Waals surface area contributed by atoms with Gasteiger partial charge in [0.2, 0.25) is 0 Å². The van der Waals surface area contributed by atoms with E-state index >= 15 is 0 Å². The molecule has 86 valence electrons. The van der Waals surface area contributed by atoms with Crippen LogP contribution in [0.5, 0.6) is 5.75 Å². The number of aryl methyl sites for hydroxylation is 1. The number of benzene rings is 1. The van der Waals surface area contributed by atoms with Gasteiger partial charge in [0.05, 0.1) is 5.69 Å². The van der Waals surface area contributed by atoms with Crippen molar-refractivity contribution in [3.63, 3.8) is 0 Å². The Labute approximate surface area is 92.7 Å². The Bertz CT molecular complexity index is 553. The average molecular weight is 242 g/mol. The van der Waals surface area contributed by atoms with Gasteiger partial charge in [-0.05, 0) is 18.6 Å². The topological polar surface area (TPSA) is 86.7 Å². The summed E-state index contributed by atoms with van der Waals surface area (Å²) in [7, 11) is -3.81. The van der Waals surface area contributed by atoms with E-state index in [0.29, 0.717) is 11.3 Å². The molecule has 1 heterocycles. The van der Waals surface area contributed by atoms with E-state index < -0.39 is 16.1 Å². The van der Waals surface area contributed by atoms with E-state index in [0.717, 1.165) is 4.31 Å². The van der Waals surface area contributed by atoms with Crippen LogP contribution in [0.3, 0.4) is 0 Å². The molecule has 1 aromatic rings. The minimum Gasteiger partial charge on any atom is -0.508 e. The molecule has 0 spiro atoms. The van der Waals surface area contributed by atoms with E-state index in [4.69, 9.17) is 0 Å². The quantitative estimate of drug-likeness (QED) is 0.719. The highest BCUT2D eigenvalue weighted by atomic mass is 32.2. The highest BCUT2D eigenvalue weighted by Gasteiger charge is 2.34. The Kier molecular flexibility index (Phi) is 2.27. The summed E-state index contributed by atoms with van der Waals surface area (Å²) in [5.41, 5.74) is 0.969. The van der Waals surface area contributed by atoms with E-state index in [1.54, 1.807) is 13.0 Å². The van der Waals surface area contributed by atoms with E-state index in [-0.39, 0.29) is 12.3 Å². The maximum absolute atomic E-state index is 11.5. The van der Waals surface area contributed by atoms with Gasteiger partial charge in [0, 0.05) is 6.07 Å². The van der Waals surface area contributed by atoms with Crippen LogP contribution >= 0.6 is 0 Å². The molecule has 1 amide bonds. The molecule has 0 saturated carbocycles. The first-order valence-corrected chi connectivity index (χ1v) is 5.97. The molecular weight excluding hydrogens is 232 g/mol. The molecule has 1 fully saturated rings. The maximum Gasteiger partial charge on any atom is 0.326 e. The summed E-state index contributed by atoms with van der Waals surface area (Å²) >= 11 is 0. The minimum absolute atomic E-state index is 0.0462. The molecule has 1 aliphatic heterocycles. The third-order valence-electron chi connectivity index (χ3n) is 2.28. The number of anilines is 1. The van der Waals surface area contributed by atoms with E-state index in [2.05, 4.69) is 0 Å². The number of amides is 1. The standard InChI is InChI=1S/C9H10N2O4S/c1-6-2-3-7(12)4-8(6)11-5-9(13)10-16(11,14)15/h2-4,12H,5H2,1H3,(H,10,13). The molecule has 6 nitrogen and oxygen atoms in total. The van der Waals surface area contributed by atoms with Crippen LogP contribution in [0.2, 0.25) is 0 Å². The second-order valence-corrected chi connectivity index (χ2v) is 5.10. The van der Waals surface area contributed by atoms with Gasteiger partial charge >= 0.3 is 10.2 Å². The first-order chi connectivity index (χ1) is 7.40. The van der Waals surface area contributed by atoms with E-state index in [1.807, 2.05) is 4.72 Å². The third-order valence-corrected chi connectivity index (χ3v) is 3.67. The van der Waals surface area contributed by atoms with Crippen molar-refractivity contribution in [2.24, 2.45) is 0 Å². The highest BCUT2D eigenvalue weighted by Crippen LogP contribution is 2.27. The number of rotatable bonds is 1. The Morgan fingerprint density at radius 1 is 1.44 bits per heavy atom. The van der Waals surface area contributed by atoms with Gasteiger partial charge in [0.25, 0.3) is 5.91 Å². The number of carbonyl (C=O) groups is 1. The van der Waals surface area contributed by atoms with Gasteiger partial charge in [-0.25, -0.2) is 9.03 Å². The van der Waals surface area contributed by atoms with E-state index in [1.165, 1.54) is 12.1 Å². The zero-order chi connectivity index (χ0) is 11.9. The fourth-order valence-electron chi connectivity index (χ4n) is 1.53. The molecule has 16 heavy (non-hydrogen) atoms. The SMILES string of the molecule is Cc1ccc(O)cc1N1CC(=O)NS1(=O)=O. The largest absolute Gasteiger partial charge is 0.508 e. The number of nitrogens with one attached hydrogen (secondary N) is 1. The summed E-state index contributed by atoms with van der Waals surface area (Å²) < 4.78 is 25.9. The van der Waals surface area contributed by atoms with Gasteiger partial charge in [-0.15, -0.1) is 0 Å². The smallest absolute Gasteiger partial charge is 0.326 e. The molecule has 0 aromatic heterocycles. The Morgan fingerprint density at radius 2 is 2.12 bits per heavy atom. The average Bonchev–Trinajstić information content (AvgIpc) is 2.43. The summed E-state index contributed by atoms with van der Waals surface area (Å²) in [6, 6.07) is 4.35. The predicted molar refractivity (Wildman–Crippen MR) is 57.3 cm³/mol. The van der Waals surface area contributed by atoms with Crippen LogP contribution in [0.25, 0.3) is 0 Å². The molecule has 7 heteroatoms. The van der Waals surface area contributed by atoms with Gasteiger partial charge in [0.1, 0.15) is 12.3 Å². The first-order valence-electron chi connectivity index (χ1n) is 4.53. The molecular formula is C9H10N2O4S. The Balaban J connectivity index is 2.53. The highest BCUT2D eigenvalue weighted by molar-refractivity contribution is 7.92. The zero-order valence-corrected chi connectivity index (χ0v) is 9.28. The molecule has 0 atom stereocenters. The number of carbonyl (C=O) groups excluding carboxylic acids is 1. The molecule has 1 aliphatic rings. The number of nitrogens with zero attached hydrogens (tertiary/aromatic N) is 1. The van der Waals surface area contributed by atoms with Crippen molar-refractivity contribution in [3.05, 3.63) is 23.8 Å². The van der Waals surface area contributed by atoms with Crippen molar-refractivity contribution in [2.45, 2.75) is 6.92 Å². The molecule has 0 aliphatic carbocycles. The second-order valence-electron chi connectivity index (χ2n) is 3.51. The second kappa shape index (κ2) is 3.38. The van der Waals surface area contributed by atoms with Crippen LogP contribution in [-0.4, -0.2) is 26.0 Å². The van der Waals surface area contributed by atoms with Crippen molar-refractivity contribution in [1.29, 1.82) is 0 Å². The molecule has 2 N–H and O–H groups in total. The molecule has 1 saturated heterocycles. The lowest BCUT2D eigenvalue weighted by Crippen LogP contribution is -2.29. The number of hydrogen-bond donors (Lipinski definition) is 2. The van der Waals surface area contributed by atoms with Crippen molar-refractivity contribution < 1.29 is 18.3 Å². The molecule has 2 rings (SSSR count). The van der Waals surface area contributed by atoms with Crippen molar-refractivity contribution in [3.8, 4) is 5.75 Å². The van der Waals surface area contributed by atoms with Gasteiger partial charge in [-0.3, -0.25) is 4.79 Å². The lowest BCUT2D eigenvalue weighted by Gasteiger charge is -2.17. The monoisotopic (exact) mass is 242 g/mol. The lowest BCUT2D eigenvalue weighted by atomic mass is 10.2. The van der Waals surface area contributed by atoms with Gasteiger partial charge in [-0.1, -0.05) is 6.07 Å². The van der Waals surface area contributed by atoms with Crippen LogP contribution in [0.15, 0.2) is 18.2 Å². The Hall–Kier alpha value is -1.76. The van der Waals surface area contributed by atoms with Crippen LogP contribution in [0.1, 0.15) is 5.56 Å². The fourth-order valence-corrected chi connectivity index (χ4v) is 2.73. The van der Waals surface area contributed by atoms with Gasteiger partial charge in [0.15, 0.2) is 0 Å². The first kappa shape index (κ1) is 10.7. The Morgan fingerprint density at radius 3 is 2.69 bits per heavy atom. The van der Waals surface area contributed by atoms with Crippen LogP contribution < -0.4 is 9.03 Å². The van der Waals surface area contributed by atoms with Crippen molar-refractivity contribution in [1.82, 2.24) is 4.72 Å². The molecule has 0 unspecified atom stereocenters.